The van der Waals surface area contributed by atoms with E-state index in [1.807, 2.05) is 6.07 Å². The maximum atomic E-state index is 13.8. The highest BCUT2D eigenvalue weighted by Gasteiger charge is 2.18. The van der Waals surface area contributed by atoms with Gasteiger partial charge < -0.3 is 20.5 Å². The molecule has 0 atom stereocenters. The van der Waals surface area contributed by atoms with E-state index in [1.54, 1.807) is 16.8 Å². The Morgan fingerprint density at radius 3 is 2.90 bits per heavy atom. The minimum absolute atomic E-state index is 0.321. The number of imidazole rings is 2. The smallest absolute Gasteiger partial charge is 0.245 e. The van der Waals surface area contributed by atoms with Gasteiger partial charge in [-0.05, 0) is 28.1 Å². The first kappa shape index (κ1) is 18.3. The molecule has 29 heavy (non-hydrogen) atoms. The van der Waals surface area contributed by atoms with Gasteiger partial charge in [0.05, 0.1) is 11.7 Å². The number of anilines is 2. The Kier molecular flexibility index (Phi) is 4.76. The molecular weight excluding hydrogens is 441 g/mol. The van der Waals surface area contributed by atoms with Crippen LogP contribution in [-0.2, 0) is 6.42 Å². The number of rotatable bonds is 5. The first-order valence-electron chi connectivity index (χ1n) is 9.43. The van der Waals surface area contributed by atoms with Crippen molar-refractivity contribution in [1.29, 1.82) is 0 Å². The van der Waals surface area contributed by atoms with Gasteiger partial charge in [-0.3, -0.25) is 0 Å². The van der Waals surface area contributed by atoms with E-state index in [0.717, 1.165) is 36.6 Å². The van der Waals surface area contributed by atoms with Crippen molar-refractivity contribution >= 4 is 44.4 Å². The van der Waals surface area contributed by atoms with E-state index >= 15 is 0 Å². The predicted molar refractivity (Wildman–Crippen MR) is 112 cm³/mol. The number of hydrogen-bond acceptors (Lipinski definition) is 7. The molecule has 11 heteroatoms. The molecule has 9 nitrogen and oxygen atoms in total. The second-order valence-electron chi connectivity index (χ2n) is 6.81. The van der Waals surface area contributed by atoms with Gasteiger partial charge in [0.15, 0.2) is 17.3 Å². The summed E-state index contributed by atoms with van der Waals surface area (Å²) in [5, 5.41) is 11.3. The fraction of sp³-hybridized carbons (Fsp3) is 0.333. The molecule has 1 aromatic carbocycles. The van der Waals surface area contributed by atoms with E-state index in [0.29, 0.717) is 41.4 Å². The van der Waals surface area contributed by atoms with Gasteiger partial charge in [-0.15, -0.1) is 5.10 Å². The number of benzene rings is 1. The average Bonchev–Trinajstić information content (AvgIpc) is 3.33. The third kappa shape index (κ3) is 3.51. The van der Waals surface area contributed by atoms with Crippen molar-refractivity contribution in [2.75, 3.05) is 42.9 Å². The Morgan fingerprint density at radius 2 is 2.07 bits per heavy atom. The predicted octanol–water partition coefficient (Wildman–Crippen LogP) is 1.97. The molecular formula is C18H19BrFN9. The number of H-pyrrole nitrogens is 1. The molecule has 1 aliphatic heterocycles. The van der Waals surface area contributed by atoms with Gasteiger partial charge in [-0.25, -0.2) is 14.4 Å². The van der Waals surface area contributed by atoms with Crippen LogP contribution in [0.15, 0.2) is 29.0 Å². The monoisotopic (exact) mass is 459 g/mol. The number of nitrogens with zero attached hydrogens (tertiary/aromatic N) is 6. The van der Waals surface area contributed by atoms with E-state index in [4.69, 9.17) is 4.98 Å². The normalized spacial score (nSPS) is 14.8. The van der Waals surface area contributed by atoms with Crippen LogP contribution >= 0.6 is 15.9 Å². The number of fused-ring (bicyclic) bond motifs is 2. The van der Waals surface area contributed by atoms with Crippen molar-refractivity contribution < 1.29 is 4.39 Å². The molecule has 150 valence electrons. The van der Waals surface area contributed by atoms with Crippen molar-refractivity contribution in [3.63, 3.8) is 0 Å². The van der Waals surface area contributed by atoms with Crippen LogP contribution < -0.4 is 15.5 Å². The SMILES string of the molecule is Fc1cccc2[nH]c(CCNc3nc(N4CCNCC4)nn4c(Br)cnc34)nc12. The second-order valence-corrected chi connectivity index (χ2v) is 7.62. The average molecular weight is 460 g/mol. The Balaban J connectivity index is 1.38. The molecule has 1 saturated heterocycles. The minimum atomic E-state index is -0.321. The van der Waals surface area contributed by atoms with Crippen molar-refractivity contribution in [3.8, 4) is 0 Å². The Bertz CT molecular complexity index is 1170. The molecule has 5 rings (SSSR count). The number of nitrogens with one attached hydrogen (secondary N) is 3. The number of piperazine rings is 1. The van der Waals surface area contributed by atoms with Crippen molar-refractivity contribution in [2.24, 2.45) is 0 Å². The van der Waals surface area contributed by atoms with Crippen LogP contribution in [0.5, 0.6) is 0 Å². The zero-order valence-corrected chi connectivity index (χ0v) is 17.1. The molecule has 4 heterocycles. The Hall–Kier alpha value is -2.79. The van der Waals surface area contributed by atoms with Gasteiger partial charge in [-0.2, -0.15) is 9.50 Å². The molecule has 0 spiro atoms. The molecule has 0 amide bonds. The highest BCUT2D eigenvalue weighted by molar-refractivity contribution is 9.10. The van der Waals surface area contributed by atoms with Crippen molar-refractivity contribution in [3.05, 3.63) is 40.6 Å². The fourth-order valence-corrected chi connectivity index (χ4v) is 3.78. The molecule has 3 N–H and O–H groups in total. The summed E-state index contributed by atoms with van der Waals surface area (Å²) in [4.78, 5) is 18.8. The van der Waals surface area contributed by atoms with Crippen LogP contribution in [0, 0.1) is 5.82 Å². The van der Waals surface area contributed by atoms with Crippen molar-refractivity contribution in [2.45, 2.75) is 6.42 Å². The molecule has 0 saturated carbocycles. The van der Waals surface area contributed by atoms with E-state index in [-0.39, 0.29) is 5.82 Å². The lowest BCUT2D eigenvalue weighted by atomic mass is 10.3. The number of aromatic nitrogens is 6. The molecule has 0 unspecified atom stereocenters. The summed E-state index contributed by atoms with van der Waals surface area (Å²) >= 11 is 3.49. The minimum Gasteiger partial charge on any atom is -0.366 e. The van der Waals surface area contributed by atoms with Gasteiger partial charge in [0.25, 0.3) is 0 Å². The zero-order chi connectivity index (χ0) is 19.8. The van der Waals surface area contributed by atoms with Gasteiger partial charge in [0.1, 0.15) is 15.9 Å². The summed E-state index contributed by atoms with van der Waals surface area (Å²) in [5.74, 6) is 1.71. The Labute approximate surface area is 173 Å². The zero-order valence-electron chi connectivity index (χ0n) is 15.5. The third-order valence-electron chi connectivity index (χ3n) is 4.88. The quantitative estimate of drug-likeness (QED) is 0.419. The van der Waals surface area contributed by atoms with Crippen LogP contribution in [-0.4, -0.2) is 62.3 Å². The maximum Gasteiger partial charge on any atom is 0.245 e. The van der Waals surface area contributed by atoms with Crippen LogP contribution in [0.2, 0.25) is 0 Å². The highest BCUT2D eigenvalue weighted by atomic mass is 79.9. The second kappa shape index (κ2) is 7.56. The fourth-order valence-electron chi connectivity index (χ4n) is 3.43. The topological polar surface area (TPSA) is 99.1 Å². The van der Waals surface area contributed by atoms with Crippen LogP contribution in [0.25, 0.3) is 16.7 Å². The van der Waals surface area contributed by atoms with Crippen LogP contribution in [0.4, 0.5) is 16.2 Å². The van der Waals surface area contributed by atoms with Gasteiger partial charge >= 0.3 is 0 Å². The molecule has 0 radical (unpaired) electrons. The lowest BCUT2D eigenvalue weighted by molar-refractivity contribution is 0.575. The maximum absolute atomic E-state index is 13.8. The lowest BCUT2D eigenvalue weighted by Gasteiger charge is -2.27. The van der Waals surface area contributed by atoms with Gasteiger partial charge in [-0.1, -0.05) is 6.07 Å². The first-order chi connectivity index (χ1) is 14.2. The summed E-state index contributed by atoms with van der Waals surface area (Å²) in [6, 6.07) is 4.90. The van der Waals surface area contributed by atoms with Gasteiger partial charge in [0.2, 0.25) is 5.95 Å². The summed E-state index contributed by atoms with van der Waals surface area (Å²) in [7, 11) is 0. The van der Waals surface area contributed by atoms with E-state index < -0.39 is 0 Å². The van der Waals surface area contributed by atoms with E-state index in [1.165, 1.54) is 6.07 Å². The van der Waals surface area contributed by atoms with Crippen LogP contribution in [0.3, 0.4) is 0 Å². The van der Waals surface area contributed by atoms with Gasteiger partial charge in [0, 0.05) is 39.1 Å². The van der Waals surface area contributed by atoms with Crippen molar-refractivity contribution in [1.82, 2.24) is 34.9 Å². The summed E-state index contributed by atoms with van der Waals surface area (Å²) in [5.41, 5.74) is 1.71. The first-order valence-corrected chi connectivity index (χ1v) is 10.2. The number of halogens is 2. The number of aromatic amines is 1. The van der Waals surface area contributed by atoms with E-state index in [2.05, 4.69) is 51.5 Å². The molecule has 0 bridgehead atoms. The summed E-state index contributed by atoms with van der Waals surface area (Å²) in [6.07, 6.45) is 2.30. The molecule has 3 aromatic heterocycles. The third-order valence-corrected chi connectivity index (χ3v) is 5.42. The largest absolute Gasteiger partial charge is 0.366 e. The molecule has 0 aliphatic carbocycles. The number of hydrogen-bond donors (Lipinski definition) is 3. The molecule has 4 aromatic rings. The molecule has 1 aliphatic rings. The van der Waals surface area contributed by atoms with Crippen LogP contribution in [0.1, 0.15) is 5.82 Å². The standard InChI is InChI=1S/C18H19BrFN9/c19-13-10-23-17-16(26-18(27-29(13)17)28-8-6-21-7-9-28)22-5-4-14-24-12-3-1-2-11(20)15(12)25-14/h1-3,10,21H,4-9H2,(H,24,25)(H,22,26,27). The van der Waals surface area contributed by atoms with E-state index in [9.17, 15) is 4.39 Å². The highest BCUT2D eigenvalue weighted by Crippen LogP contribution is 2.21. The number of para-hydroxylation sites is 1. The summed E-state index contributed by atoms with van der Waals surface area (Å²) in [6.45, 7) is 4.07. The lowest BCUT2D eigenvalue weighted by Crippen LogP contribution is -2.44. The molecule has 1 fully saturated rings. The Morgan fingerprint density at radius 1 is 1.21 bits per heavy atom. The summed E-state index contributed by atoms with van der Waals surface area (Å²) < 4.78 is 16.4.